The lowest BCUT2D eigenvalue weighted by Gasteiger charge is -2.27. The summed E-state index contributed by atoms with van der Waals surface area (Å²) in [7, 11) is 2.06. The largest absolute Gasteiger partial charge is 0.271 e. The van der Waals surface area contributed by atoms with Crippen LogP contribution in [0.1, 0.15) is 44.0 Å². The van der Waals surface area contributed by atoms with Crippen molar-refractivity contribution in [1.29, 1.82) is 0 Å². The van der Waals surface area contributed by atoms with Crippen LogP contribution in [0.15, 0.2) is 4.47 Å². The quantitative estimate of drug-likeness (QED) is 0.734. The van der Waals surface area contributed by atoms with E-state index in [1.165, 1.54) is 41.5 Å². The van der Waals surface area contributed by atoms with Crippen LogP contribution >= 0.6 is 31.9 Å². The molecule has 0 saturated heterocycles. The number of nitrogens with zero attached hydrogens (tertiary/aromatic N) is 2. The molecule has 4 heteroatoms. The molecule has 1 aromatic heterocycles. The van der Waals surface area contributed by atoms with Crippen molar-refractivity contribution in [2.45, 2.75) is 50.3 Å². The van der Waals surface area contributed by atoms with Crippen LogP contribution in [0, 0.1) is 5.92 Å². The zero-order chi connectivity index (χ0) is 12.4. The highest BCUT2D eigenvalue weighted by atomic mass is 79.9. The van der Waals surface area contributed by atoms with Crippen molar-refractivity contribution in [3.8, 4) is 0 Å². The molecule has 1 aliphatic rings. The van der Waals surface area contributed by atoms with E-state index in [0.717, 1.165) is 18.8 Å². The first-order chi connectivity index (χ1) is 8.13. The fourth-order valence-corrected chi connectivity index (χ4v) is 4.24. The Labute approximate surface area is 120 Å². The molecule has 2 atom stereocenters. The van der Waals surface area contributed by atoms with Crippen LogP contribution in [0.3, 0.4) is 0 Å². The van der Waals surface area contributed by atoms with Gasteiger partial charge in [-0.2, -0.15) is 5.10 Å². The molecule has 96 valence electrons. The third-order valence-corrected chi connectivity index (χ3v) is 5.90. The van der Waals surface area contributed by atoms with E-state index >= 15 is 0 Å². The maximum Gasteiger partial charge on any atom is 0.0766 e. The topological polar surface area (TPSA) is 17.8 Å². The van der Waals surface area contributed by atoms with Gasteiger partial charge in [-0.25, -0.2) is 0 Å². The van der Waals surface area contributed by atoms with Crippen LogP contribution in [-0.2, 0) is 19.9 Å². The Morgan fingerprint density at radius 3 is 2.65 bits per heavy atom. The van der Waals surface area contributed by atoms with Gasteiger partial charge in [0.25, 0.3) is 0 Å². The van der Waals surface area contributed by atoms with Gasteiger partial charge >= 0.3 is 0 Å². The standard InChI is InChI=1S/C13H20Br2N2/c1-3-11-13(15)12(17(2)16-11)8-9-6-4-5-7-10(9)14/h9-10H,3-8H2,1-2H3. The Bertz CT molecular complexity index is 387. The predicted octanol–water partition coefficient (Wildman–Crippen LogP) is 4.24. The number of halogens is 2. The summed E-state index contributed by atoms with van der Waals surface area (Å²) < 4.78 is 3.28. The second-order valence-electron chi connectivity index (χ2n) is 4.95. The van der Waals surface area contributed by atoms with Crippen molar-refractivity contribution >= 4 is 31.9 Å². The monoisotopic (exact) mass is 362 g/mol. The molecule has 0 bridgehead atoms. The molecule has 0 spiro atoms. The minimum Gasteiger partial charge on any atom is -0.271 e. The van der Waals surface area contributed by atoms with Gasteiger partial charge in [0.15, 0.2) is 0 Å². The van der Waals surface area contributed by atoms with Crippen molar-refractivity contribution in [2.24, 2.45) is 13.0 Å². The predicted molar refractivity (Wildman–Crippen MR) is 78.7 cm³/mol. The summed E-state index contributed by atoms with van der Waals surface area (Å²) in [6, 6.07) is 0. The Morgan fingerprint density at radius 1 is 1.35 bits per heavy atom. The third-order valence-electron chi connectivity index (χ3n) is 3.77. The maximum absolute atomic E-state index is 4.57. The highest BCUT2D eigenvalue weighted by molar-refractivity contribution is 9.10. The summed E-state index contributed by atoms with van der Waals surface area (Å²) in [6.07, 6.45) is 7.55. The molecule has 2 rings (SSSR count). The van der Waals surface area contributed by atoms with E-state index in [-0.39, 0.29) is 0 Å². The molecular formula is C13H20Br2N2. The van der Waals surface area contributed by atoms with E-state index in [2.05, 4.69) is 55.6 Å². The minimum absolute atomic E-state index is 0.683. The first-order valence-corrected chi connectivity index (χ1v) is 8.18. The first kappa shape index (κ1) is 13.6. The van der Waals surface area contributed by atoms with Gasteiger partial charge in [0, 0.05) is 11.9 Å². The van der Waals surface area contributed by atoms with E-state index < -0.39 is 0 Å². The number of rotatable bonds is 3. The fourth-order valence-electron chi connectivity index (χ4n) is 2.68. The van der Waals surface area contributed by atoms with Crippen molar-refractivity contribution in [2.75, 3.05) is 0 Å². The smallest absolute Gasteiger partial charge is 0.0766 e. The normalized spacial score (nSPS) is 25.2. The summed E-state index contributed by atoms with van der Waals surface area (Å²) in [5.74, 6) is 0.764. The fraction of sp³-hybridized carbons (Fsp3) is 0.769. The van der Waals surface area contributed by atoms with E-state index in [0.29, 0.717) is 4.83 Å². The van der Waals surface area contributed by atoms with Gasteiger partial charge in [-0.15, -0.1) is 0 Å². The summed E-state index contributed by atoms with van der Waals surface area (Å²) >= 11 is 7.55. The van der Waals surface area contributed by atoms with Crippen LogP contribution in [0.4, 0.5) is 0 Å². The zero-order valence-corrected chi connectivity index (χ0v) is 13.7. The van der Waals surface area contributed by atoms with Crippen molar-refractivity contribution in [3.05, 3.63) is 15.9 Å². The molecule has 17 heavy (non-hydrogen) atoms. The lowest BCUT2D eigenvalue weighted by Crippen LogP contribution is -2.22. The van der Waals surface area contributed by atoms with Gasteiger partial charge in [-0.3, -0.25) is 4.68 Å². The van der Waals surface area contributed by atoms with Gasteiger partial charge in [0.2, 0.25) is 0 Å². The molecule has 0 radical (unpaired) electrons. The average molecular weight is 364 g/mol. The molecule has 1 fully saturated rings. The molecular weight excluding hydrogens is 344 g/mol. The second kappa shape index (κ2) is 5.87. The molecule has 0 N–H and O–H groups in total. The summed E-state index contributed by atoms with van der Waals surface area (Å²) in [4.78, 5) is 0.683. The van der Waals surface area contributed by atoms with E-state index in [1.54, 1.807) is 0 Å². The van der Waals surface area contributed by atoms with Crippen LogP contribution < -0.4 is 0 Å². The van der Waals surface area contributed by atoms with E-state index in [1.807, 2.05) is 0 Å². The first-order valence-electron chi connectivity index (χ1n) is 6.47. The average Bonchev–Trinajstić information content (AvgIpc) is 2.59. The number of hydrogen-bond acceptors (Lipinski definition) is 1. The Kier molecular flexibility index (Phi) is 4.70. The lowest BCUT2D eigenvalue weighted by atomic mass is 9.86. The van der Waals surface area contributed by atoms with Crippen molar-refractivity contribution in [3.63, 3.8) is 0 Å². The molecule has 1 aromatic rings. The molecule has 0 amide bonds. The summed E-state index contributed by atoms with van der Waals surface area (Å²) in [5, 5.41) is 4.57. The summed E-state index contributed by atoms with van der Waals surface area (Å²) in [6.45, 7) is 2.16. The van der Waals surface area contributed by atoms with Crippen LogP contribution in [0.5, 0.6) is 0 Å². The van der Waals surface area contributed by atoms with Gasteiger partial charge in [-0.1, -0.05) is 35.7 Å². The minimum atomic E-state index is 0.683. The van der Waals surface area contributed by atoms with Crippen LogP contribution in [0.25, 0.3) is 0 Å². The number of alkyl halides is 1. The van der Waals surface area contributed by atoms with E-state index in [9.17, 15) is 0 Å². The number of hydrogen-bond donors (Lipinski definition) is 0. The number of aromatic nitrogens is 2. The summed E-state index contributed by atoms with van der Waals surface area (Å²) in [5.41, 5.74) is 2.54. The maximum atomic E-state index is 4.57. The molecule has 1 saturated carbocycles. The van der Waals surface area contributed by atoms with Crippen LogP contribution in [0.2, 0.25) is 0 Å². The van der Waals surface area contributed by atoms with Gasteiger partial charge in [0.1, 0.15) is 0 Å². The Morgan fingerprint density at radius 2 is 2.06 bits per heavy atom. The van der Waals surface area contributed by atoms with E-state index in [4.69, 9.17) is 0 Å². The number of aryl methyl sites for hydroxylation is 2. The third kappa shape index (κ3) is 2.95. The molecule has 1 aliphatic carbocycles. The molecule has 0 aromatic carbocycles. The van der Waals surface area contributed by atoms with Crippen LogP contribution in [-0.4, -0.2) is 14.6 Å². The van der Waals surface area contributed by atoms with Gasteiger partial charge in [-0.05, 0) is 47.5 Å². The highest BCUT2D eigenvalue weighted by Crippen LogP contribution is 2.34. The molecule has 2 nitrogen and oxygen atoms in total. The van der Waals surface area contributed by atoms with Crippen molar-refractivity contribution < 1.29 is 0 Å². The van der Waals surface area contributed by atoms with Gasteiger partial charge < -0.3 is 0 Å². The Hall–Kier alpha value is 0.170. The zero-order valence-electron chi connectivity index (χ0n) is 10.5. The lowest BCUT2D eigenvalue weighted by molar-refractivity contribution is 0.366. The second-order valence-corrected chi connectivity index (χ2v) is 6.92. The SMILES string of the molecule is CCc1nn(C)c(CC2CCCCC2Br)c1Br. The highest BCUT2D eigenvalue weighted by Gasteiger charge is 2.25. The van der Waals surface area contributed by atoms with Gasteiger partial charge in [0.05, 0.1) is 15.9 Å². The molecule has 0 aliphatic heterocycles. The molecule has 2 unspecified atom stereocenters. The molecule has 1 heterocycles. The Balaban J connectivity index is 2.14. The van der Waals surface area contributed by atoms with Crippen molar-refractivity contribution in [1.82, 2.24) is 9.78 Å².